The van der Waals surface area contributed by atoms with E-state index in [2.05, 4.69) is 4.98 Å². The average Bonchev–Trinajstić information content (AvgIpc) is 3.02. The molecule has 100 valence electrons. The van der Waals surface area contributed by atoms with Crippen LogP contribution in [0.3, 0.4) is 0 Å². The highest BCUT2D eigenvalue weighted by atomic mass is 16.3. The number of rotatable bonds is 4. The van der Waals surface area contributed by atoms with E-state index >= 15 is 0 Å². The first-order valence-corrected chi connectivity index (χ1v) is 6.56. The zero-order chi connectivity index (χ0) is 13.2. The van der Waals surface area contributed by atoms with Gasteiger partial charge >= 0.3 is 0 Å². The lowest BCUT2D eigenvalue weighted by molar-refractivity contribution is -0.127. The van der Waals surface area contributed by atoms with E-state index in [0.717, 1.165) is 18.6 Å². The summed E-state index contributed by atoms with van der Waals surface area (Å²) in [7, 11) is 0. The Kier molecular flexibility index (Phi) is 3.21. The molecule has 1 saturated heterocycles. The van der Waals surface area contributed by atoms with Crippen molar-refractivity contribution >= 4 is 11.6 Å². The number of aliphatic hydroxyl groups is 1. The van der Waals surface area contributed by atoms with E-state index in [9.17, 15) is 4.79 Å². The van der Waals surface area contributed by atoms with Gasteiger partial charge in [-0.2, -0.15) is 0 Å². The number of imidazole rings is 1. The first-order valence-electron chi connectivity index (χ1n) is 6.56. The van der Waals surface area contributed by atoms with Gasteiger partial charge in [0.25, 0.3) is 0 Å². The van der Waals surface area contributed by atoms with Gasteiger partial charge in [-0.25, -0.2) is 4.98 Å². The minimum absolute atomic E-state index is 0.100. The largest absolute Gasteiger partial charge is 0.396 e. The van der Waals surface area contributed by atoms with Crippen molar-refractivity contribution in [1.29, 1.82) is 0 Å². The molecule has 0 aromatic carbocycles. The van der Waals surface area contributed by atoms with Crippen LogP contribution in [0.4, 0.5) is 0 Å². The lowest BCUT2D eigenvalue weighted by Crippen LogP contribution is -2.27. The number of likely N-dealkylation sites (tertiary alicyclic amines) is 1. The molecule has 5 heteroatoms. The molecular formula is C14H17N3O2. The number of carbonyl (C=O) groups is 1. The van der Waals surface area contributed by atoms with E-state index in [1.165, 1.54) is 5.56 Å². The van der Waals surface area contributed by atoms with Gasteiger partial charge in [-0.15, -0.1) is 0 Å². The van der Waals surface area contributed by atoms with E-state index in [-0.39, 0.29) is 18.4 Å². The second-order valence-electron chi connectivity index (χ2n) is 5.07. The summed E-state index contributed by atoms with van der Waals surface area (Å²) in [6.07, 6.45) is 7.05. The number of hydrogen-bond donors (Lipinski definition) is 1. The predicted molar refractivity (Wildman–Crippen MR) is 70.7 cm³/mol. The Balaban J connectivity index is 1.64. The maximum absolute atomic E-state index is 11.7. The van der Waals surface area contributed by atoms with Crippen LogP contribution in [0.25, 0.3) is 5.65 Å². The van der Waals surface area contributed by atoms with Crippen LogP contribution in [-0.4, -0.2) is 45.0 Å². The monoisotopic (exact) mass is 259 g/mol. The molecular weight excluding hydrogens is 242 g/mol. The van der Waals surface area contributed by atoms with E-state index in [0.29, 0.717) is 13.0 Å². The molecule has 0 bridgehead atoms. The van der Waals surface area contributed by atoms with Crippen LogP contribution in [0.1, 0.15) is 12.0 Å². The van der Waals surface area contributed by atoms with Crippen LogP contribution in [-0.2, 0) is 11.2 Å². The van der Waals surface area contributed by atoms with Crippen LogP contribution >= 0.6 is 0 Å². The summed E-state index contributed by atoms with van der Waals surface area (Å²) in [4.78, 5) is 17.8. The maximum atomic E-state index is 11.7. The highest BCUT2D eigenvalue weighted by Crippen LogP contribution is 2.17. The topological polar surface area (TPSA) is 57.8 Å². The molecule has 0 radical (unpaired) electrons. The second-order valence-corrected chi connectivity index (χ2v) is 5.07. The van der Waals surface area contributed by atoms with Crippen LogP contribution in [0.2, 0.25) is 0 Å². The number of aromatic nitrogens is 2. The summed E-state index contributed by atoms with van der Waals surface area (Å²) in [5, 5.41) is 9.09. The molecule has 0 aliphatic carbocycles. The Hall–Kier alpha value is -1.88. The zero-order valence-electron chi connectivity index (χ0n) is 10.7. The SMILES string of the molecule is O=C1CC(CO)CN1CCc1ccc2nccn2c1. The number of nitrogens with zero attached hydrogens (tertiary/aromatic N) is 3. The molecule has 19 heavy (non-hydrogen) atoms. The summed E-state index contributed by atoms with van der Waals surface area (Å²) < 4.78 is 1.98. The van der Waals surface area contributed by atoms with E-state index in [1.54, 1.807) is 6.20 Å². The lowest BCUT2D eigenvalue weighted by Gasteiger charge is -2.16. The van der Waals surface area contributed by atoms with Gasteiger partial charge in [0.05, 0.1) is 0 Å². The van der Waals surface area contributed by atoms with Crippen molar-refractivity contribution in [2.24, 2.45) is 5.92 Å². The van der Waals surface area contributed by atoms with Gasteiger partial charge in [-0.3, -0.25) is 4.79 Å². The Bertz CT molecular complexity index is 593. The number of amides is 1. The molecule has 1 amide bonds. The van der Waals surface area contributed by atoms with Crippen molar-refractivity contribution < 1.29 is 9.90 Å². The molecule has 1 aliphatic heterocycles. The molecule has 1 unspecified atom stereocenters. The highest BCUT2D eigenvalue weighted by Gasteiger charge is 2.28. The summed E-state index contributed by atoms with van der Waals surface area (Å²) >= 11 is 0. The Morgan fingerprint density at radius 1 is 1.42 bits per heavy atom. The fourth-order valence-electron chi connectivity index (χ4n) is 2.57. The second kappa shape index (κ2) is 5.01. The molecule has 1 fully saturated rings. The molecule has 2 aromatic rings. The van der Waals surface area contributed by atoms with Crippen molar-refractivity contribution in [2.75, 3.05) is 19.7 Å². The third-order valence-electron chi connectivity index (χ3n) is 3.67. The van der Waals surface area contributed by atoms with E-state index in [4.69, 9.17) is 5.11 Å². The van der Waals surface area contributed by atoms with Crippen LogP contribution in [0, 0.1) is 5.92 Å². The highest BCUT2D eigenvalue weighted by molar-refractivity contribution is 5.78. The van der Waals surface area contributed by atoms with Crippen molar-refractivity contribution in [3.63, 3.8) is 0 Å². The summed E-state index contributed by atoms with van der Waals surface area (Å²) in [6.45, 7) is 1.50. The molecule has 5 nitrogen and oxygen atoms in total. The number of fused-ring (bicyclic) bond motifs is 1. The molecule has 3 rings (SSSR count). The van der Waals surface area contributed by atoms with Crippen molar-refractivity contribution in [3.8, 4) is 0 Å². The Labute approximate surface area is 111 Å². The molecule has 0 saturated carbocycles. The normalized spacial score (nSPS) is 19.5. The van der Waals surface area contributed by atoms with Gasteiger partial charge in [-0.05, 0) is 18.1 Å². The van der Waals surface area contributed by atoms with Crippen molar-refractivity contribution in [3.05, 3.63) is 36.3 Å². The number of aliphatic hydroxyl groups excluding tert-OH is 1. The van der Waals surface area contributed by atoms with Gasteiger partial charge in [-0.1, -0.05) is 6.07 Å². The molecule has 1 N–H and O–H groups in total. The predicted octanol–water partition coefficient (Wildman–Crippen LogP) is 0.718. The first kappa shape index (κ1) is 12.2. The molecule has 2 aromatic heterocycles. The molecule has 0 spiro atoms. The quantitative estimate of drug-likeness (QED) is 0.880. The third kappa shape index (κ3) is 2.46. The van der Waals surface area contributed by atoms with Crippen LogP contribution in [0.15, 0.2) is 30.7 Å². The lowest BCUT2D eigenvalue weighted by atomic mass is 10.1. The standard InChI is InChI=1S/C14H17N3O2/c18-10-12-7-14(19)17(9-12)5-3-11-1-2-13-15-4-6-16(13)8-11/h1-2,4,6,8,12,18H,3,5,7,9-10H2. The fraction of sp³-hybridized carbons (Fsp3) is 0.429. The minimum atomic E-state index is 0.100. The van der Waals surface area contributed by atoms with Gasteiger partial charge in [0.2, 0.25) is 5.91 Å². The van der Waals surface area contributed by atoms with E-state index in [1.807, 2.05) is 33.8 Å². The van der Waals surface area contributed by atoms with Crippen LogP contribution < -0.4 is 0 Å². The summed E-state index contributed by atoms with van der Waals surface area (Å²) in [6, 6.07) is 4.03. The minimum Gasteiger partial charge on any atom is -0.396 e. The van der Waals surface area contributed by atoms with Gasteiger partial charge in [0.15, 0.2) is 0 Å². The maximum Gasteiger partial charge on any atom is 0.223 e. The summed E-state index contributed by atoms with van der Waals surface area (Å²) in [5.74, 6) is 0.270. The van der Waals surface area contributed by atoms with Crippen LogP contribution in [0.5, 0.6) is 0 Å². The van der Waals surface area contributed by atoms with Gasteiger partial charge in [0.1, 0.15) is 5.65 Å². The molecule has 1 atom stereocenters. The fourth-order valence-corrected chi connectivity index (χ4v) is 2.57. The van der Waals surface area contributed by atoms with E-state index < -0.39 is 0 Å². The van der Waals surface area contributed by atoms with Crippen molar-refractivity contribution in [1.82, 2.24) is 14.3 Å². The zero-order valence-corrected chi connectivity index (χ0v) is 10.7. The molecule has 1 aliphatic rings. The molecule has 3 heterocycles. The average molecular weight is 259 g/mol. The summed E-state index contributed by atoms with van der Waals surface area (Å²) in [5.41, 5.74) is 2.12. The number of carbonyl (C=O) groups excluding carboxylic acids is 1. The number of pyridine rings is 1. The van der Waals surface area contributed by atoms with Gasteiger partial charge < -0.3 is 14.4 Å². The van der Waals surface area contributed by atoms with Gasteiger partial charge in [0, 0.05) is 50.6 Å². The smallest absolute Gasteiger partial charge is 0.223 e. The number of hydrogen-bond acceptors (Lipinski definition) is 3. The first-order chi connectivity index (χ1) is 9.26. The Morgan fingerprint density at radius 3 is 3.11 bits per heavy atom. The third-order valence-corrected chi connectivity index (χ3v) is 3.67. The van der Waals surface area contributed by atoms with Crippen molar-refractivity contribution in [2.45, 2.75) is 12.8 Å². The Morgan fingerprint density at radius 2 is 2.32 bits per heavy atom.